The highest BCUT2D eigenvalue weighted by atomic mass is 16.5. The normalized spacial score (nSPS) is 11.6. The van der Waals surface area contributed by atoms with Crippen molar-refractivity contribution >= 4 is 11.2 Å². The molecule has 0 amide bonds. The summed E-state index contributed by atoms with van der Waals surface area (Å²) in [6.45, 7) is 6.84. The highest BCUT2D eigenvalue weighted by molar-refractivity contribution is 5.76. The van der Waals surface area contributed by atoms with Crippen molar-refractivity contribution in [1.82, 2.24) is 29.0 Å². The minimum absolute atomic E-state index is 0.223. The molecule has 4 aromatic heterocycles. The molecule has 0 unspecified atom stereocenters. The summed E-state index contributed by atoms with van der Waals surface area (Å²) in [4.78, 5) is 12.9. The minimum atomic E-state index is -0.223. The average Bonchev–Trinajstić information content (AvgIpc) is 3.46. The molecule has 0 aliphatic heterocycles. The van der Waals surface area contributed by atoms with Gasteiger partial charge in [0.15, 0.2) is 5.65 Å². The molecule has 32 heavy (non-hydrogen) atoms. The molecule has 0 atom stereocenters. The van der Waals surface area contributed by atoms with Crippen LogP contribution < -0.4 is 10.4 Å². The number of aromatic nitrogens is 6. The standard InChI is InChI=1S/C23H24N6O3/c1-4-5-12-31-18-8-6-17(7-9-18)20-13-21-22-25-29(14-19-15(2)26-32-16(19)3)23(30)27(22)10-11-28(21)24-20/h6-11,13H,4-5,12,14H2,1-3H3. The molecule has 9 nitrogen and oxygen atoms in total. The number of hydrogen-bond acceptors (Lipinski definition) is 6. The van der Waals surface area contributed by atoms with E-state index in [0.717, 1.165) is 46.6 Å². The summed E-state index contributed by atoms with van der Waals surface area (Å²) in [7, 11) is 0. The predicted octanol–water partition coefficient (Wildman–Crippen LogP) is 3.64. The van der Waals surface area contributed by atoms with E-state index in [0.29, 0.717) is 24.6 Å². The van der Waals surface area contributed by atoms with Crippen LogP contribution in [0.25, 0.3) is 22.4 Å². The van der Waals surface area contributed by atoms with Crippen LogP contribution in [0.1, 0.15) is 36.8 Å². The number of fused-ring (bicyclic) bond motifs is 3. The molecule has 9 heteroatoms. The zero-order valence-corrected chi connectivity index (χ0v) is 18.3. The molecule has 0 saturated heterocycles. The van der Waals surface area contributed by atoms with Crippen LogP contribution in [0.2, 0.25) is 0 Å². The van der Waals surface area contributed by atoms with Gasteiger partial charge in [0, 0.05) is 23.5 Å². The number of unbranched alkanes of at least 4 members (excludes halogenated alkanes) is 1. The molecule has 164 valence electrons. The van der Waals surface area contributed by atoms with Gasteiger partial charge in [-0.05, 0) is 50.6 Å². The van der Waals surface area contributed by atoms with Gasteiger partial charge in [-0.25, -0.2) is 18.4 Å². The molecule has 0 radical (unpaired) electrons. The lowest BCUT2D eigenvalue weighted by Gasteiger charge is -2.05. The van der Waals surface area contributed by atoms with Gasteiger partial charge in [0.2, 0.25) is 0 Å². The molecule has 4 heterocycles. The molecule has 0 bridgehead atoms. The zero-order chi connectivity index (χ0) is 22.2. The fraction of sp³-hybridized carbons (Fsp3) is 0.304. The average molecular weight is 432 g/mol. The van der Waals surface area contributed by atoms with E-state index in [1.165, 1.54) is 9.08 Å². The molecule has 0 saturated carbocycles. The van der Waals surface area contributed by atoms with E-state index in [9.17, 15) is 4.79 Å². The Morgan fingerprint density at radius 3 is 2.62 bits per heavy atom. The van der Waals surface area contributed by atoms with Gasteiger partial charge in [-0.2, -0.15) is 5.10 Å². The van der Waals surface area contributed by atoms with Crippen LogP contribution in [-0.2, 0) is 6.54 Å². The molecule has 1 aromatic carbocycles. The molecule has 0 aliphatic carbocycles. The van der Waals surface area contributed by atoms with Crippen LogP contribution >= 0.6 is 0 Å². The van der Waals surface area contributed by atoms with Crippen molar-refractivity contribution < 1.29 is 9.26 Å². The lowest BCUT2D eigenvalue weighted by molar-refractivity contribution is 0.309. The Balaban J connectivity index is 1.50. The van der Waals surface area contributed by atoms with Crippen molar-refractivity contribution in [1.29, 1.82) is 0 Å². The van der Waals surface area contributed by atoms with E-state index in [-0.39, 0.29) is 5.69 Å². The van der Waals surface area contributed by atoms with Crippen LogP contribution in [0.3, 0.4) is 0 Å². The third-order valence-electron chi connectivity index (χ3n) is 5.60. The number of rotatable bonds is 7. The largest absolute Gasteiger partial charge is 0.494 e. The number of hydrogen-bond donors (Lipinski definition) is 0. The Kier molecular flexibility index (Phi) is 5.01. The Morgan fingerprint density at radius 1 is 1.09 bits per heavy atom. The number of aryl methyl sites for hydroxylation is 2. The molecular weight excluding hydrogens is 408 g/mol. The first-order valence-electron chi connectivity index (χ1n) is 10.7. The lowest BCUT2D eigenvalue weighted by Crippen LogP contribution is -2.22. The third-order valence-corrected chi connectivity index (χ3v) is 5.60. The molecule has 0 fully saturated rings. The SMILES string of the molecule is CCCCOc1ccc(-c2cc3c4nn(Cc5c(C)noc5C)c(=O)n4ccn3n2)cc1. The van der Waals surface area contributed by atoms with Crippen LogP contribution in [0.5, 0.6) is 5.75 Å². The van der Waals surface area contributed by atoms with Gasteiger partial charge >= 0.3 is 5.69 Å². The van der Waals surface area contributed by atoms with Crippen molar-refractivity contribution in [2.75, 3.05) is 6.61 Å². The highest BCUT2D eigenvalue weighted by Crippen LogP contribution is 2.24. The van der Waals surface area contributed by atoms with Crippen molar-refractivity contribution in [3.63, 3.8) is 0 Å². The van der Waals surface area contributed by atoms with E-state index in [4.69, 9.17) is 9.26 Å². The Morgan fingerprint density at radius 2 is 1.91 bits per heavy atom. The molecule has 5 rings (SSSR count). The maximum atomic E-state index is 12.9. The number of ether oxygens (including phenoxy) is 1. The topological polar surface area (TPSA) is 91.9 Å². The van der Waals surface area contributed by atoms with E-state index in [1.807, 2.05) is 44.2 Å². The van der Waals surface area contributed by atoms with E-state index in [2.05, 4.69) is 22.3 Å². The molecule has 5 aromatic rings. The van der Waals surface area contributed by atoms with E-state index >= 15 is 0 Å². The smallest absolute Gasteiger partial charge is 0.350 e. The van der Waals surface area contributed by atoms with Crippen LogP contribution in [0.4, 0.5) is 0 Å². The first-order chi connectivity index (χ1) is 15.5. The van der Waals surface area contributed by atoms with Crippen molar-refractivity contribution in [2.24, 2.45) is 0 Å². The summed E-state index contributed by atoms with van der Waals surface area (Å²) in [6.07, 6.45) is 5.58. The Hall–Kier alpha value is -3.88. The Labute approximate surface area is 183 Å². The number of nitrogens with zero attached hydrogens (tertiary/aromatic N) is 6. The highest BCUT2D eigenvalue weighted by Gasteiger charge is 2.16. The first kappa shape index (κ1) is 20.0. The minimum Gasteiger partial charge on any atom is -0.494 e. The molecule has 0 aliphatic rings. The fourth-order valence-corrected chi connectivity index (χ4v) is 3.71. The van der Waals surface area contributed by atoms with Crippen LogP contribution in [0.15, 0.2) is 52.0 Å². The molecule has 0 spiro atoms. The zero-order valence-electron chi connectivity index (χ0n) is 18.3. The van der Waals surface area contributed by atoms with Gasteiger partial charge in [0.25, 0.3) is 0 Å². The van der Waals surface area contributed by atoms with Gasteiger partial charge < -0.3 is 9.26 Å². The maximum absolute atomic E-state index is 12.9. The van der Waals surface area contributed by atoms with Gasteiger partial charge in [-0.1, -0.05) is 18.5 Å². The molecular formula is C23H24N6O3. The van der Waals surface area contributed by atoms with Crippen LogP contribution in [0, 0.1) is 13.8 Å². The van der Waals surface area contributed by atoms with E-state index in [1.54, 1.807) is 16.9 Å². The molecule has 0 N–H and O–H groups in total. The second-order valence-electron chi connectivity index (χ2n) is 7.82. The summed E-state index contributed by atoms with van der Waals surface area (Å²) < 4.78 is 15.7. The van der Waals surface area contributed by atoms with Crippen molar-refractivity contribution in [3.05, 3.63) is 70.2 Å². The summed E-state index contributed by atoms with van der Waals surface area (Å²) in [5.41, 5.74) is 4.45. The second-order valence-corrected chi connectivity index (χ2v) is 7.82. The van der Waals surface area contributed by atoms with Gasteiger partial charge in [-0.3, -0.25) is 0 Å². The van der Waals surface area contributed by atoms with Gasteiger partial charge in [0.05, 0.1) is 24.5 Å². The lowest BCUT2D eigenvalue weighted by atomic mass is 10.1. The quantitative estimate of drug-likeness (QED) is 0.365. The van der Waals surface area contributed by atoms with Crippen molar-refractivity contribution in [3.8, 4) is 17.0 Å². The van der Waals surface area contributed by atoms with Crippen LogP contribution in [-0.4, -0.2) is 35.6 Å². The summed E-state index contributed by atoms with van der Waals surface area (Å²) in [5, 5.41) is 13.2. The first-order valence-corrected chi connectivity index (χ1v) is 10.7. The van der Waals surface area contributed by atoms with Gasteiger partial charge in [0.1, 0.15) is 17.0 Å². The summed E-state index contributed by atoms with van der Waals surface area (Å²) in [5.74, 6) is 1.53. The van der Waals surface area contributed by atoms with E-state index < -0.39 is 0 Å². The van der Waals surface area contributed by atoms with Crippen molar-refractivity contribution in [2.45, 2.75) is 40.2 Å². The summed E-state index contributed by atoms with van der Waals surface area (Å²) in [6, 6.07) is 9.82. The number of benzene rings is 1. The van der Waals surface area contributed by atoms with Gasteiger partial charge in [-0.15, -0.1) is 5.10 Å². The maximum Gasteiger partial charge on any atom is 0.350 e. The predicted molar refractivity (Wildman–Crippen MR) is 119 cm³/mol. The Bertz CT molecular complexity index is 1440. The fourth-order valence-electron chi connectivity index (χ4n) is 3.71. The summed E-state index contributed by atoms with van der Waals surface area (Å²) >= 11 is 0. The third kappa shape index (κ3) is 3.45. The monoisotopic (exact) mass is 432 g/mol. The second kappa shape index (κ2) is 7.99.